The number of carbonyl (C=O) groups is 1. The number of aromatic nitrogens is 1. The summed E-state index contributed by atoms with van der Waals surface area (Å²) in [6, 6.07) is 1.50. The number of hydrogen-bond acceptors (Lipinski definition) is 3. The van der Waals surface area contributed by atoms with Crippen molar-refractivity contribution in [3.8, 4) is 0 Å². The molecule has 1 fully saturated rings. The third-order valence-corrected chi connectivity index (χ3v) is 5.95. The fraction of sp³-hybridized carbons (Fsp3) is 0.688. The van der Waals surface area contributed by atoms with E-state index in [0.29, 0.717) is 11.4 Å². The fourth-order valence-corrected chi connectivity index (χ4v) is 4.57. The topological polar surface area (TPSA) is 71.4 Å². The van der Waals surface area contributed by atoms with Crippen molar-refractivity contribution in [3.05, 3.63) is 17.5 Å². The Morgan fingerprint density at radius 1 is 1.17 bits per heavy atom. The highest BCUT2D eigenvalue weighted by atomic mass is 32.2. The van der Waals surface area contributed by atoms with E-state index in [9.17, 15) is 13.2 Å². The predicted molar refractivity (Wildman–Crippen MR) is 90.0 cm³/mol. The first kappa shape index (κ1) is 18.0. The molecule has 1 aromatic rings. The van der Waals surface area contributed by atoms with E-state index in [2.05, 4.69) is 4.72 Å². The van der Waals surface area contributed by atoms with E-state index in [1.165, 1.54) is 6.07 Å². The molecule has 2 rings (SSSR count). The largest absolute Gasteiger partial charge is 0.343 e. The van der Waals surface area contributed by atoms with Crippen LogP contribution in [0, 0.1) is 6.92 Å². The van der Waals surface area contributed by atoms with Gasteiger partial charge in [-0.3, -0.25) is 4.79 Å². The highest BCUT2D eigenvalue weighted by molar-refractivity contribution is 7.89. The van der Waals surface area contributed by atoms with Crippen molar-refractivity contribution < 1.29 is 13.2 Å². The molecule has 0 saturated carbocycles. The molecule has 0 unspecified atom stereocenters. The fourth-order valence-electron chi connectivity index (χ4n) is 2.87. The van der Waals surface area contributed by atoms with Crippen LogP contribution in [0.5, 0.6) is 0 Å². The number of likely N-dealkylation sites (tertiary alicyclic amines) is 1. The van der Waals surface area contributed by atoms with E-state index in [4.69, 9.17) is 0 Å². The van der Waals surface area contributed by atoms with Crippen LogP contribution in [-0.4, -0.2) is 42.4 Å². The van der Waals surface area contributed by atoms with Gasteiger partial charge in [0.05, 0.1) is 0 Å². The van der Waals surface area contributed by atoms with Crippen molar-refractivity contribution in [2.45, 2.75) is 57.4 Å². The summed E-state index contributed by atoms with van der Waals surface area (Å²) in [6.07, 6.45) is 3.16. The molecule has 130 valence electrons. The number of carbonyl (C=O) groups excluding carboxylic acids is 1. The molecule has 1 aliphatic heterocycles. The van der Waals surface area contributed by atoms with Gasteiger partial charge in [-0.05, 0) is 53.0 Å². The van der Waals surface area contributed by atoms with Gasteiger partial charge in [-0.15, -0.1) is 0 Å². The van der Waals surface area contributed by atoms with Gasteiger partial charge >= 0.3 is 0 Å². The lowest BCUT2D eigenvalue weighted by atomic mass is 10.1. The molecule has 0 spiro atoms. The van der Waals surface area contributed by atoms with Gasteiger partial charge in [0.1, 0.15) is 10.6 Å². The molecule has 6 nitrogen and oxygen atoms in total. The van der Waals surface area contributed by atoms with Crippen LogP contribution in [0.15, 0.2) is 11.0 Å². The molecule has 1 amide bonds. The lowest BCUT2D eigenvalue weighted by Gasteiger charge is -2.26. The molecule has 1 saturated heterocycles. The third-order valence-electron chi connectivity index (χ3n) is 4.08. The first-order chi connectivity index (χ1) is 10.5. The van der Waals surface area contributed by atoms with Gasteiger partial charge in [-0.1, -0.05) is 0 Å². The highest BCUT2D eigenvalue weighted by Crippen LogP contribution is 2.23. The molecule has 1 aromatic heterocycles. The minimum Gasteiger partial charge on any atom is -0.343 e. The zero-order valence-electron chi connectivity index (χ0n) is 14.6. The zero-order valence-corrected chi connectivity index (χ0v) is 15.5. The highest BCUT2D eigenvalue weighted by Gasteiger charge is 2.29. The first-order valence-corrected chi connectivity index (χ1v) is 9.51. The third kappa shape index (κ3) is 3.95. The summed E-state index contributed by atoms with van der Waals surface area (Å²) < 4.78 is 29.5. The molecule has 7 heteroatoms. The van der Waals surface area contributed by atoms with Crippen molar-refractivity contribution in [1.29, 1.82) is 0 Å². The Morgan fingerprint density at radius 3 is 2.26 bits per heavy atom. The number of sulfonamides is 1. The molecule has 0 atom stereocenters. The van der Waals surface area contributed by atoms with Gasteiger partial charge in [0.25, 0.3) is 5.91 Å². The maximum absolute atomic E-state index is 12.7. The van der Waals surface area contributed by atoms with Gasteiger partial charge < -0.3 is 9.47 Å². The Kier molecular flexibility index (Phi) is 4.92. The maximum atomic E-state index is 12.7. The number of rotatable bonds is 3. The molecule has 0 aliphatic carbocycles. The number of nitrogens with zero attached hydrogens (tertiary/aromatic N) is 2. The smallest absolute Gasteiger partial charge is 0.270 e. The van der Waals surface area contributed by atoms with Crippen LogP contribution < -0.4 is 4.72 Å². The van der Waals surface area contributed by atoms with Crippen LogP contribution in [0.4, 0.5) is 0 Å². The average molecular weight is 341 g/mol. The summed E-state index contributed by atoms with van der Waals surface area (Å²) >= 11 is 0. The van der Waals surface area contributed by atoms with E-state index in [-0.39, 0.29) is 10.8 Å². The van der Waals surface area contributed by atoms with Crippen LogP contribution in [0.3, 0.4) is 0 Å². The summed E-state index contributed by atoms with van der Waals surface area (Å²) in [6.45, 7) is 8.59. The summed E-state index contributed by atoms with van der Waals surface area (Å²) in [7, 11) is -1.92. The van der Waals surface area contributed by atoms with Gasteiger partial charge in [-0.25, -0.2) is 13.1 Å². The Bertz CT molecular complexity index is 693. The Hall–Kier alpha value is -1.34. The SMILES string of the molecule is Cc1c(S(=O)(=O)NC(C)(C)C)cc(C(=O)N2CCCCC2)n1C. The molecule has 0 bridgehead atoms. The van der Waals surface area contributed by atoms with Gasteiger partial charge in [-0.2, -0.15) is 0 Å². The van der Waals surface area contributed by atoms with E-state index in [1.54, 1.807) is 39.3 Å². The second-order valence-electron chi connectivity index (χ2n) is 7.25. The average Bonchev–Trinajstić information content (AvgIpc) is 2.74. The van der Waals surface area contributed by atoms with Crippen LogP contribution >= 0.6 is 0 Å². The summed E-state index contributed by atoms with van der Waals surface area (Å²) in [5.74, 6) is -0.0903. The standard InChI is InChI=1S/C16H27N3O3S/c1-12-14(23(21,22)17-16(2,3)4)11-13(18(12)5)15(20)19-9-7-6-8-10-19/h11,17H,6-10H2,1-5H3. The van der Waals surface area contributed by atoms with Crippen molar-refractivity contribution in [3.63, 3.8) is 0 Å². The second-order valence-corrected chi connectivity index (χ2v) is 8.90. The number of hydrogen-bond donors (Lipinski definition) is 1. The molecule has 1 N–H and O–H groups in total. The number of piperidine rings is 1. The van der Waals surface area contributed by atoms with E-state index >= 15 is 0 Å². The van der Waals surface area contributed by atoms with Crippen molar-refractivity contribution in [1.82, 2.24) is 14.2 Å². The lowest BCUT2D eigenvalue weighted by molar-refractivity contribution is 0.0714. The summed E-state index contributed by atoms with van der Waals surface area (Å²) in [4.78, 5) is 14.7. The van der Waals surface area contributed by atoms with E-state index in [0.717, 1.165) is 32.4 Å². The van der Waals surface area contributed by atoms with Crippen molar-refractivity contribution >= 4 is 15.9 Å². The summed E-state index contributed by atoms with van der Waals surface area (Å²) in [5, 5.41) is 0. The van der Waals surface area contributed by atoms with Gasteiger partial charge in [0.2, 0.25) is 10.0 Å². The molecule has 23 heavy (non-hydrogen) atoms. The van der Waals surface area contributed by atoms with E-state index < -0.39 is 15.6 Å². The van der Waals surface area contributed by atoms with Gasteiger partial charge in [0, 0.05) is 31.4 Å². The van der Waals surface area contributed by atoms with Crippen LogP contribution in [0.25, 0.3) is 0 Å². The molecular formula is C16H27N3O3S. The first-order valence-electron chi connectivity index (χ1n) is 8.02. The Labute approximate surface area is 138 Å². The monoisotopic (exact) mass is 341 g/mol. The molecule has 0 radical (unpaired) electrons. The minimum atomic E-state index is -3.66. The van der Waals surface area contributed by atoms with Crippen LogP contribution in [0.2, 0.25) is 0 Å². The van der Waals surface area contributed by atoms with Crippen molar-refractivity contribution in [2.75, 3.05) is 13.1 Å². The van der Waals surface area contributed by atoms with Crippen molar-refractivity contribution in [2.24, 2.45) is 7.05 Å². The zero-order chi connectivity index (χ0) is 17.4. The van der Waals surface area contributed by atoms with Crippen LogP contribution in [0.1, 0.15) is 56.2 Å². The van der Waals surface area contributed by atoms with Gasteiger partial charge in [0.15, 0.2) is 0 Å². The van der Waals surface area contributed by atoms with E-state index in [1.807, 2.05) is 4.90 Å². The number of amides is 1. The Balaban J connectivity index is 2.36. The molecule has 0 aromatic carbocycles. The number of nitrogens with one attached hydrogen (secondary N) is 1. The summed E-state index contributed by atoms with van der Waals surface area (Å²) in [5.41, 5.74) is 0.429. The quantitative estimate of drug-likeness (QED) is 0.914. The molecular weight excluding hydrogens is 314 g/mol. The van der Waals surface area contributed by atoms with Crippen LogP contribution in [-0.2, 0) is 17.1 Å². The normalized spacial score (nSPS) is 16.7. The molecule has 2 heterocycles. The lowest BCUT2D eigenvalue weighted by Crippen LogP contribution is -2.40. The molecule has 1 aliphatic rings. The second kappa shape index (κ2) is 6.28. The minimum absolute atomic E-state index is 0.0903. The predicted octanol–water partition coefficient (Wildman–Crippen LogP) is 2.04. The Morgan fingerprint density at radius 2 is 1.74 bits per heavy atom. The maximum Gasteiger partial charge on any atom is 0.270 e.